The van der Waals surface area contributed by atoms with E-state index in [1.54, 1.807) is 12.1 Å². The van der Waals surface area contributed by atoms with Crippen molar-refractivity contribution in [3.05, 3.63) is 28.1 Å². The summed E-state index contributed by atoms with van der Waals surface area (Å²) in [5.41, 5.74) is 1.21. The lowest BCUT2D eigenvalue weighted by Crippen LogP contribution is -1.84. The minimum atomic E-state index is 0.231. The topological polar surface area (TPSA) is 26.0 Å². The lowest BCUT2D eigenvalue weighted by molar-refractivity contribution is 0.501. The molecule has 0 saturated carbocycles. The maximum Gasteiger partial charge on any atom is 0.198 e. The van der Waals surface area contributed by atoms with Crippen molar-refractivity contribution >= 4 is 34.3 Å². The van der Waals surface area contributed by atoms with Crippen LogP contribution in [0.1, 0.15) is 25.7 Å². The summed E-state index contributed by atoms with van der Waals surface area (Å²) in [5.74, 6) is 0.893. The first-order valence-corrected chi connectivity index (χ1v) is 5.09. The van der Waals surface area contributed by atoms with Crippen molar-refractivity contribution in [3.8, 4) is 0 Å². The fourth-order valence-corrected chi connectivity index (χ4v) is 1.59. The van der Waals surface area contributed by atoms with Crippen molar-refractivity contribution < 1.29 is 4.42 Å². The fraction of sp³-hybridized carbons (Fsp3) is 0.300. The van der Waals surface area contributed by atoms with Crippen molar-refractivity contribution in [2.24, 2.45) is 0 Å². The molecule has 0 atom stereocenters. The Bertz CT molecular complexity index is 437. The number of aromatic nitrogens is 1. The van der Waals surface area contributed by atoms with Crippen molar-refractivity contribution in [3.63, 3.8) is 0 Å². The van der Waals surface area contributed by atoms with Crippen LogP contribution in [-0.2, 0) is 0 Å². The number of hydrogen-bond acceptors (Lipinski definition) is 2. The summed E-state index contributed by atoms with van der Waals surface area (Å²) in [6.45, 7) is 4.01. The maximum atomic E-state index is 5.97. The molecule has 0 amide bonds. The van der Waals surface area contributed by atoms with Crippen molar-refractivity contribution in [2.75, 3.05) is 0 Å². The normalized spacial score (nSPS) is 11.5. The molecule has 2 nitrogen and oxygen atoms in total. The Morgan fingerprint density at radius 1 is 1.21 bits per heavy atom. The van der Waals surface area contributed by atoms with Crippen LogP contribution >= 0.6 is 23.2 Å². The highest BCUT2D eigenvalue weighted by Crippen LogP contribution is 2.31. The maximum absolute atomic E-state index is 5.97. The van der Waals surface area contributed by atoms with Gasteiger partial charge in [0.25, 0.3) is 0 Å². The largest absolute Gasteiger partial charge is 0.439 e. The molecule has 1 heterocycles. The first-order chi connectivity index (χ1) is 6.59. The molecule has 0 bridgehead atoms. The summed E-state index contributed by atoms with van der Waals surface area (Å²) in [6.07, 6.45) is 0. The third-order valence-corrected chi connectivity index (χ3v) is 2.56. The zero-order valence-electron chi connectivity index (χ0n) is 7.84. The van der Waals surface area contributed by atoms with E-state index in [9.17, 15) is 0 Å². The molecule has 0 radical (unpaired) electrons. The third-order valence-electron chi connectivity index (χ3n) is 1.96. The molecule has 0 aliphatic carbocycles. The predicted octanol–water partition coefficient (Wildman–Crippen LogP) is 4.26. The van der Waals surface area contributed by atoms with E-state index in [2.05, 4.69) is 4.98 Å². The standard InChI is InChI=1S/C10H9Cl2NO/c1-5(2)10-13-8-6(11)3-4-7(12)9(8)14-10/h3-5H,1-2H3. The highest BCUT2D eigenvalue weighted by Gasteiger charge is 2.13. The Labute approximate surface area is 91.8 Å². The molecule has 0 N–H and O–H groups in total. The van der Waals surface area contributed by atoms with Gasteiger partial charge < -0.3 is 4.42 Å². The second-order valence-electron chi connectivity index (χ2n) is 3.41. The first kappa shape index (κ1) is 9.81. The van der Waals surface area contributed by atoms with Gasteiger partial charge in [0.2, 0.25) is 0 Å². The summed E-state index contributed by atoms with van der Waals surface area (Å²) >= 11 is 11.9. The molecule has 0 saturated heterocycles. The van der Waals surface area contributed by atoms with Crippen LogP contribution < -0.4 is 0 Å². The second kappa shape index (κ2) is 3.44. The molecule has 2 aromatic rings. The average molecular weight is 230 g/mol. The summed E-state index contributed by atoms with van der Waals surface area (Å²) in [7, 11) is 0. The summed E-state index contributed by atoms with van der Waals surface area (Å²) in [5, 5.41) is 1.11. The van der Waals surface area contributed by atoms with Gasteiger partial charge >= 0.3 is 0 Å². The number of nitrogens with zero attached hydrogens (tertiary/aromatic N) is 1. The Morgan fingerprint density at radius 3 is 2.43 bits per heavy atom. The quantitative estimate of drug-likeness (QED) is 0.731. The molecule has 1 aromatic carbocycles. The van der Waals surface area contributed by atoms with Gasteiger partial charge in [-0.1, -0.05) is 37.0 Å². The van der Waals surface area contributed by atoms with E-state index in [0.717, 1.165) is 0 Å². The van der Waals surface area contributed by atoms with Crippen molar-refractivity contribution in [1.82, 2.24) is 4.98 Å². The fourth-order valence-electron chi connectivity index (χ4n) is 1.21. The number of halogens is 2. The molecule has 74 valence electrons. The number of rotatable bonds is 1. The summed E-state index contributed by atoms with van der Waals surface area (Å²) < 4.78 is 5.51. The number of hydrogen-bond donors (Lipinski definition) is 0. The van der Waals surface area contributed by atoms with Gasteiger partial charge in [-0.15, -0.1) is 0 Å². The van der Waals surface area contributed by atoms with E-state index in [0.29, 0.717) is 27.0 Å². The van der Waals surface area contributed by atoms with E-state index < -0.39 is 0 Å². The van der Waals surface area contributed by atoms with Gasteiger partial charge in [-0.2, -0.15) is 0 Å². The zero-order valence-corrected chi connectivity index (χ0v) is 9.36. The van der Waals surface area contributed by atoms with Crippen LogP contribution in [0.3, 0.4) is 0 Å². The predicted molar refractivity (Wildman–Crippen MR) is 58.1 cm³/mol. The number of fused-ring (bicyclic) bond motifs is 1. The lowest BCUT2D eigenvalue weighted by Gasteiger charge is -1.94. The van der Waals surface area contributed by atoms with Crippen LogP contribution in [0, 0.1) is 0 Å². The lowest BCUT2D eigenvalue weighted by atomic mass is 10.2. The van der Waals surface area contributed by atoms with Gasteiger partial charge in [-0.3, -0.25) is 0 Å². The second-order valence-corrected chi connectivity index (χ2v) is 4.23. The Balaban J connectivity index is 2.75. The van der Waals surface area contributed by atoms with Crippen LogP contribution in [0.15, 0.2) is 16.5 Å². The van der Waals surface area contributed by atoms with Crippen LogP contribution in [0.2, 0.25) is 10.0 Å². The highest BCUT2D eigenvalue weighted by molar-refractivity contribution is 6.39. The van der Waals surface area contributed by atoms with Gasteiger partial charge in [-0.25, -0.2) is 4.98 Å². The summed E-state index contributed by atoms with van der Waals surface area (Å²) in [6, 6.07) is 3.43. The zero-order chi connectivity index (χ0) is 10.3. The number of oxazole rings is 1. The third kappa shape index (κ3) is 1.49. The molecule has 0 unspecified atom stereocenters. The molecule has 2 rings (SSSR count). The van der Waals surface area contributed by atoms with E-state index in [1.165, 1.54) is 0 Å². The minimum Gasteiger partial charge on any atom is -0.439 e. The molecule has 0 aliphatic rings. The van der Waals surface area contributed by atoms with E-state index in [4.69, 9.17) is 27.6 Å². The Kier molecular flexibility index (Phi) is 2.41. The van der Waals surface area contributed by atoms with Crippen LogP contribution in [-0.4, -0.2) is 4.98 Å². The van der Waals surface area contributed by atoms with Crippen LogP contribution in [0.25, 0.3) is 11.1 Å². The first-order valence-electron chi connectivity index (χ1n) is 4.34. The van der Waals surface area contributed by atoms with E-state index in [-0.39, 0.29) is 5.92 Å². The molecule has 0 spiro atoms. The van der Waals surface area contributed by atoms with E-state index in [1.807, 2.05) is 13.8 Å². The summed E-state index contributed by atoms with van der Waals surface area (Å²) in [4.78, 5) is 4.29. The monoisotopic (exact) mass is 229 g/mol. The van der Waals surface area contributed by atoms with Crippen LogP contribution in [0.4, 0.5) is 0 Å². The van der Waals surface area contributed by atoms with Gasteiger partial charge in [0.15, 0.2) is 11.5 Å². The molecule has 14 heavy (non-hydrogen) atoms. The number of benzene rings is 1. The molecule has 4 heteroatoms. The minimum absolute atomic E-state index is 0.231. The van der Waals surface area contributed by atoms with Crippen molar-refractivity contribution in [1.29, 1.82) is 0 Å². The average Bonchev–Trinajstić information content (AvgIpc) is 2.57. The van der Waals surface area contributed by atoms with Gasteiger partial charge in [0.1, 0.15) is 5.52 Å². The Morgan fingerprint density at radius 2 is 1.86 bits per heavy atom. The van der Waals surface area contributed by atoms with Gasteiger partial charge in [0, 0.05) is 5.92 Å². The van der Waals surface area contributed by atoms with Crippen molar-refractivity contribution in [2.45, 2.75) is 19.8 Å². The highest BCUT2D eigenvalue weighted by atomic mass is 35.5. The van der Waals surface area contributed by atoms with Crippen LogP contribution in [0.5, 0.6) is 0 Å². The molecular weight excluding hydrogens is 221 g/mol. The van der Waals surface area contributed by atoms with Gasteiger partial charge in [-0.05, 0) is 12.1 Å². The van der Waals surface area contributed by atoms with Gasteiger partial charge in [0.05, 0.1) is 10.0 Å². The SMILES string of the molecule is CC(C)c1nc2c(Cl)ccc(Cl)c2o1. The smallest absolute Gasteiger partial charge is 0.198 e. The molecule has 0 fully saturated rings. The Hall–Kier alpha value is -0.730. The molecule has 1 aromatic heterocycles. The van der Waals surface area contributed by atoms with E-state index >= 15 is 0 Å². The molecular formula is C10H9Cl2NO. The molecule has 0 aliphatic heterocycles.